The Morgan fingerprint density at radius 1 is 1.06 bits per heavy atom. The summed E-state index contributed by atoms with van der Waals surface area (Å²) in [5, 5.41) is 0. The minimum atomic E-state index is 0.211. The zero-order valence-electron chi connectivity index (χ0n) is 12.3. The Labute approximate surface area is 108 Å². The molecule has 0 aromatic carbocycles. The predicted octanol–water partition coefficient (Wildman–Crippen LogP) is 2.64. The van der Waals surface area contributed by atoms with Crippen LogP contribution in [0, 0.1) is 0 Å². The van der Waals surface area contributed by atoms with E-state index in [2.05, 4.69) is 25.7 Å². The average molecular weight is 244 g/mol. The van der Waals surface area contributed by atoms with Crippen molar-refractivity contribution in [1.29, 1.82) is 0 Å². The van der Waals surface area contributed by atoms with Crippen LogP contribution in [0.3, 0.4) is 0 Å². The topological polar surface area (TPSA) is 38.5 Å². The quantitative estimate of drug-likeness (QED) is 0.568. The van der Waals surface area contributed by atoms with Crippen LogP contribution in [0.2, 0.25) is 0 Å². The van der Waals surface area contributed by atoms with Crippen molar-refractivity contribution < 1.29 is 4.74 Å². The fraction of sp³-hybridized carbons (Fsp3) is 1.00. The molecular formula is C14H32N2O. The van der Waals surface area contributed by atoms with E-state index in [-0.39, 0.29) is 5.54 Å². The number of hydrogen-bond donors (Lipinski definition) is 1. The van der Waals surface area contributed by atoms with Gasteiger partial charge in [0.2, 0.25) is 0 Å². The van der Waals surface area contributed by atoms with Gasteiger partial charge < -0.3 is 10.5 Å². The largest absolute Gasteiger partial charge is 0.385 e. The molecule has 0 saturated heterocycles. The maximum atomic E-state index is 6.02. The molecule has 0 aromatic rings. The van der Waals surface area contributed by atoms with Crippen LogP contribution in [-0.4, -0.2) is 43.8 Å². The zero-order chi connectivity index (χ0) is 13.1. The molecule has 0 bridgehead atoms. The lowest BCUT2D eigenvalue weighted by Crippen LogP contribution is -2.53. The van der Waals surface area contributed by atoms with Gasteiger partial charge in [-0.2, -0.15) is 0 Å². The molecule has 0 aromatic heterocycles. The third kappa shape index (κ3) is 5.36. The molecule has 0 fully saturated rings. The van der Waals surface area contributed by atoms with Crippen molar-refractivity contribution in [2.75, 3.05) is 33.4 Å². The molecule has 0 spiro atoms. The first-order valence-electron chi connectivity index (χ1n) is 7.14. The van der Waals surface area contributed by atoms with E-state index in [4.69, 9.17) is 10.5 Å². The zero-order valence-corrected chi connectivity index (χ0v) is 12.3. The molecule has 2 N–H and O–H groups in total. The van der Waals surface area contributed by atoms with Crippen molar-refractivity contribution in [1.82, 2.24) is 4.90 Å². The first kappa shape index (κ1) is 16.9. The second-order valence-corrected chi connectivity index (χ2v) is 4.82. The molecule has 0 aliphatic rings. The minimum Gasteiger partial charge on any atom is -0.385 e. The van der Waals surface area contributed by atoms with Crippen LogP contribution in [0.4, 0.5) is 0 Å². The Bertz CT molecular complexity index is 161. The van der Waals surface area contributed by atoms with E-state index in [1.54, 1.807) is 7.11 Å². The van der Waals surface area contributed by atoms with Gasteiger partial charge in [0.25, 0.3) is 0 Å². The molecule has 3 nitrogen and oxygen atoms in total. The van der Waals surface area contributed by atoms with Crippen LogP contribution in [0.25, 0.3) is 0 Å². The number of ether oxygens (including phenoxy) is 1. The lowest BCUT2D eigenvalue weighted by Gasteiger charge is -2.42. The van der Waals surface area contributed by atoms with Crippen LogP contribution in [0.5, 0.6) is 0 Å². The maximum Gasteiger partial charge on any atom is 0.0462 e. The summed E-state index contributed by atoms with van der Waals surface area (Å²) in [5.74, 6) is 0. The molecule has 0 radical (unpaired) electrons. The van der Waals surface area contributed by atoms with E-state index in [0.717, 1.165) is 45.5 Å². The summed E-state index contributed by atoms with van der Waals surface area (Å²) in [7, 11) is 1.77. The summed E-state index contributed by atoms with van der Waals surface area (Å²) in [6, 6.07) is 0. The first-order valence-corrected chi connectivity index (χ1v) is 7.14. The molecule has 0 amide bonds. The summed E-state index contributed by atoms with van der Waals surface area (Å²) in [5.41, 5.74) is 6.24. The van der Waals surface area contributed by atoms with E-state index in [1.807, 2.05) is 0 Å². The third-order valence-electron chi connectivity index (χ3n) is 3.89. The normalized spacial score (nSPS) is 12.4. The van der Waals surface area contributed by atoms with Crippen molar-refractivity contribution in [2.45, 2.75) is 58.4 Å². The van der Waals surface area contributed by atoms with Crippen LogP contribution >= 0.6 is 0 Å². The molecule has 0 atom stereocenters. The van der Waals surface area contributed by atoms with Crippen molar-refractivity contribution >= 4 is 0 Å². The second kappa shape index (κ2) is 9.86. The van der Waals surface area contributed by atoms with E-state index in [0.29, 0.717) is 0 Å². The highest BCUT2D eigenvalue weighted by Crippen LogP contribution is 2.23. The molecule has 0 aliphatic heterocycles. The Morgan fingerprint density at radius 2 is 1.71 bits per heavy atom. The number of rotatable bonds is 11. The number of nitrogens with zero attached hydrogens (tertiary/aromatic N) is 1. The smallest absolute Gasteiger partial charge is 0.0462 e. The van der Waals surface area contributed by atoms with Crippen LogP contribution in [0.1, 0.15) is 52.9 Å². The van der Waals surface area contributed by atoms with Gasteiger partial charge in [0.15, 0.2) is 0 Å². The molecule has 0 heterocycles. The molecule has 0 unspecified atom stereocenters. The summed E-state index contributed by atoms with van der Waals surface area (Å²) in [6.07, 6.45) is 5.83. The summed E-state index contributed by atoms with van der Waals surface area (Å²) < 4.78 is 5.11. The number of hydrogen-bond acceptors (Lipinski definition) is 3. The highest BCUT2D eigenvalue weighted by atomic mass is 16.5. The monoisotopic (exact) mass is 244 g/mol. The third-order valence-corrected chi connectivity index (χ3v) is 3.89. The van der Waals surface area contributed by atoms with Gasteiger partial charge in [-0.15, -0.1) is 0 Å². The predicted molar refractivity (Wildman–Crippen MR) is 75.3 cm³/mol. The van der Waals surface area contributed by atoms with Gasteiger partial charge in [-0.05, 0) is 45.2 Å². The lowest BCUT2D eigenvalue weighted by molar-refractivity contribution is 0.0792. The van der Waals surface area contributed by atoms with E-state index < -0.39 is 0 Å². The molecule has 0 saturated carbocycles. The fourth-order valence-electron chi connectivity index (χ4n) is 2.52. The molecule has 0 rings (SSSR count). The van der Waals surface area contributed by atoms with Crippen LogP contribution < -0.4 is 5.73 Å². The van der Waals surface area contributed by atoms with Crippen LogP contribution in [0.15, 0.2) is 0 Å². The Kier molecular flexibility index (Phi) is 9.79. The summed E-state index contributed by atoms with van der Waals surface area (Å²) in [6.45, 7) is 10.7. The maximum absolute atomic E-state index is 6.02. The Balaban J connectivity index is 4.35. The number of methoxy groups -OCH3 is 1. The van der Waals surface area contributed by atoms with Gasteiger partial charge in [-0.3, -0.25) is 4.90 Å². The van der Waals surface area contributed by atoms with Gasteiger partial charge >= 0.3 is 0 Å². The van der Waals surface area contributed by atoms with E-state index in [1.165, 1.54) is 12.8 Å². The van der Waals surface area contributed by atoms with E-state index >= 15 is 0 Å². The first-order chi connectivity index (χ1) is 8.20. The van der Waals surface area contributed by atoms with Gasteiger partial charge in [-0.25, -0.2) is 0 Å². The molecule has 104 valence electrons. The Morgan fingerprint density at radius 3 is 2.12 bits per heavy atom. The highest BCUT2D eigenvalue weighted by Gasteiger charge is 2.30. The summed E-state index contributed by atoms with van der Waals surface area (Å²) >= 11 is 0. The van der Waals surface area contributed by atoms with Crippen molar-refractivity contribution in [3.63, 3.8) is 0 Å². The van der Waals surface area contributed by atoms with Crippen LogP contribution in [-0.2, 0) is 4.74 Å². The van der Waals surface area contributed by atoms with Gasteiger partial charge in [-0.1, -0.05) is 20.8 Å². The molecule has 0 aliphatic carbocycles. The SMILES string of the molecule is CCCN(CCCCOC)C(CC)(CC)CN. The Hall–Kier alpha value is -0.120. The van der Waals surface area contributed by atoms with Crippen molar-refractivity contribution in [2.24, 2.45) is 5.73 Å². The number of nitrogens with two attached hydrogens (primary N) is 1. The highest BCUT2D eigenvalue weighted by molar-refractivity contribution is 4.89. The number of unbranched alkanes of at least 4 members (excludes halogenated alkanes) is 1. The second-order valence-electron chi connectivity index (χ2n) is 4.82. The van der Waals surface area contributed by atoms with Crippen molar-refractivity contribution in [3.8, 4) is 0 Å². The van der Waals surface area contributed by atoms with Gasteiger partial charge in [0.1, 0.15) is 0 Å². The minimum absolute atomic E-state index is 0.211. The van der Waals surface area contributed by atoms with Gasteiger partial charge in [0, 0.05) is 25.8 Å². The molecule has 17 heavy (non-hydrogen) atoms. The summed E-state index contributed by atoms with van der Waals surface area (Å²) in [4.78, 5) is 2.60. The lowest BCUT2D eigenvalue weighted by atomic mass is 9.90. The average Bonchev–Trinajstić information content (AvgIpc) is 2.37. The molecule has 3 heteroatoms. The van der Waals surface area contributed by atoms with Gasteiger partial charge in [0.05, 0.1) is 0 Å². The molecular weight excluding hydrogens is 212 g/mol. The van der Waals surface area contributed by atoms with E-state index in [9.17, 15) is 0 Å². The standard InChI is InChI=1S/C14H32N2O/c1-5-10-16(11-8-9-12-17-4)14(6-2,7-3)13-15/h5-13,15H2,1-4H3. The van der Waals surface area contributed by atoms with Crippen molar-refractivity contribution in [3.05, 3.63) is 0 Å². The fourth-order valence-corrected chi connectivity index (χ4v) is 2.52.